The minimum Gasteiger partial charge on any atom is -0.381 e. The van der Waals surface area contributed by atoms with Gasteiger partial charge in [0.25, 0.3) is 0 Å². The van der Waals surface area contributed by atoms with Crippen LogP contribution in [0.5, 0.6) is 0 Å². The summed E-state index contributed by atoms with van der Waals surface area (Å²) in [6.45, 7) is 2.03. The van der Waals surface area contributed by atoms with E-state index in [0.717, 1.165) is 12.2 Å². The third kappa shape index (κ3) is 3.42. The Kier molecular flexibility index (Phi) is 5.13. The van der Waals surface area contributed by atoms with Crippen LogP contribution in [0.4, 0.5) is 10.1 Å². The molecule has 0 spiro atoms. The fourth-order valence-corrected chi connectivity index (χ4v) is 1.98. The number of halogens is 1. The lowest BCUT2D eigenvalue weighted by molar-refractivity contribution is 0.623. The molecule has 1 N–H and O–H groups in total. The lowest BCUT2D eigenvalue weighted by Gasteiger charge is -2.15. The molecule has 0 aliphatic carbocycles. The summed E-state index contributed by atoms with van der Waals surface area (Å²) >= 11 is 1.77. The average molecular weight is 238 g/mol. The van der Waals surface area contributed by atoms with E-state index < -0.39 is 5.82 Å². The van der Waals surface area contributed by atoms with Gasteiger partial charge in [-0.3, -0.25) is 0 Å². The zero-order valence-electron chi connectivity index (χ0n) is 9.46. The number of nitrogens with zero attached hydrogens (tertiary/aromatic N) is 1. The topological polar surface area (TPSA) is 35.8 Å². The van der Waals surface area contributed by atoms with Crippen LogP contribution in [0.1, 0.15) is 18.9 Å². The molecule has 1 rings (SSSR count). The summed E-state index contributed by atoms with van der Waals surface area (Å²) in [5.41, 5.74) is 0.676. The van der Waals surface area contributed by atoms with E-state index in [1.54, 1.807) is 23.9 Å². The van der Waals surface area contributed by atoms with E-state index in [1.807, 2.05) is 13.0 Å². The van der Waals surface area contributed by atoms with Gasteiger partial charge >= 0.3 is 0 Å². The molecule has 0 aliphatic heterocycles. The lowest BCUT2D eigenvalue weighted by atomic mass is 10.1. The number of anilines is 1. The van der Waals surface area contributed by atoms with Crippen LogP contribution in [0, 0.1) is 17.1 Å². The van der Waals surface area contributed by atoms with E-state index in [1.165, 1.54) is 6.07 Å². The smallest absolute Gasteiger partial charge is 0.143 e. The summed E-state index contributed by atoms with van der Waals surface area (Å²) in [5, 5.41) is 12.0. The summed E-state index contributed by atoms with van der Waals surface area (Å²) in [6, 6.07) is 6.77. The predicted molar refractivity (Wildman–Crippen MR) is 67.2 cm³/mol. The van der Waals surface area contributed by atoms with E-state index in [2.05, 4.69) is 11.6 Å². The van der Waals surface area contributed by atoms with E-state index in [9.17, 15) is 4.39 Å². The van der Waals surface area contributed by atoms with E-state index in [0.29, 0.717) is 5.69 Å². The highest BCUT2D eigenvalue weighted by Gasteiger charge is 2.09. The minimum absolute atomic E-state index is 0.0958. The Morgan fingerprint density at radius 2 is 2.31 bits per heavy atom. The van der Waals surface area contributed by atoms with Crippen molar-refractivity contribution in [2.75, 3.05) is 17.3 Å². The first-order chi connectivity index (χ1) is 7.69. The third-order valence-electron chi connectivity index (χ3n) is 2.28. The zero-order chi connectivity index (χ0) is 12.0. The molecule has 0 heterocycles. The Morgan fingerprint density at radius 1 is 1.56 bits per heavy atom. The number of hydrogen-bond acceptors (Lipinski definition) is 3. The molecule has 0 aromatic heterocycles. The van der Waals surface area contributed by atoms with Crippen LogP contribution in [0.25, 0.3) is 0 Å². The van der Waals surface area contributed by atoms with Gasteiger partial charge in [0.2, 0.25) is 0 Å². The van der Waals surface area contributed by atoms with Crippen molar-refractivity contribution in [1.29, 1.82) is 5.26 Å². The largest absolute Gasteiger partial charge is 0.381 e. The first kappa shape index (κ1) is 12.9. The molecule has 0 aliphatic rings. The quantitative estimate of drug-likeness (QED) is 0.855. The second-order valence-corrected chi connectivity index (χ2v) is 4.59. The normalized spacial score (nSPS) is 11.9. The summed E-state index contributed by atoms with van der Waals surface area (Å²) in [7, 11) is 0. The van der Waals surface area contributed by atoms with Crippen LogP contribution in [0.3, 0.4) is 0 Å². The second-order valence-electron chi connectivity index (χ2n) is 3.60. The summed E-state index contributed by atoms with van der Waals surface area (Å²) in [4.78, 5) is 0. The van der Waals surface area contributed by atoms with Gasteiger partial charge < -0.3 is 5.32 Å². The molecular weight excluding hydrogens is 223 g/mol. The molecule has 1 unspecified atom stereocenters. The highest BCUT2D eigenvalue weighted by Crippen LogP contribution is 2.19. The predicted octanol–water partition coefficient (Wildman–Crippen LogP) is 3.25. The molecule has 1 aromatic carbocycles. The van der Waals surface area contributed by atoms with Crippen LogP contribution < -0.4 is 5.32 Å². The van der Waals surface area contributed by atoms with Crippen LogP contribution in [0.2, 0.25) is 0 Å². The van der Waals surface area contributed by atoms with Crippen molar-refractivity contribution < 1.29 is 4.39 Å². The Bertz CT molecular complexity index is 387. The number of rotatable bonds is 5. The molecule has 1 atom stereocenters. The van der Waals surface area contributed by atoms with Crippen molar-refractivity contribution in [3.8, 4) is 6.07 Å². The van der Waals surface area contributed by atoms with Crippen LogP contribution in [-0.2, 0) is 0 Å². The third-order valence-corrected chi connectivity index (χ3v) is 2.93. The maximum atomic E-state index is 13.3. The molecule has 0 radical (unpaired) electrons. The highest BCUT2D eigenvalue weighted by molar-refractivity contribution is 7.98. The molecule has 4 heteroatoms. The van der Waals surface area contributed by atoms with Gasteiger partial charge in [-0.2, -0.15) is 17.0 Å². The number of hydrogen-bond donors (Lipinski definition) is 1. The molecule has 0 fully saturated rings. The number of nitriles is 1. The maximum absolute atomic E-state index is 13.3. The second kappa shape index (κ2) is 6.39. The summed E-state index contributed by atoms with van der Waals surface area (Å²) in [6.07, 6.45) is 3.04. The van der Waals surface area contributed by atoms with E-state index in [-0.39, 0.29) is 11.6 Å². The van der Waals surface area contributed by atoms with Gasteiger partial charge in [0.05, 0.1) is 5.69 Å². The fourth-order valence-electron chi connectivity index (χ4n) is 1.39. The first-order valence-electron chi connectivity index (χ1n) is 5.13. The van der Waals surface area contributed by atoms with Crippen LogP contribution in [-0.4, -0.2) is 18.1 Å². The van der Waals surface area contributed by atoms with Gasteiger partial charge in [-0.25, -0.2) is 4.39 Å². The molecule has 2 nitrogen and oxygen atoms in total. The number of benzene rings is 1. The van der Waals surface area contributed by atoms with Crippen LogP contribution >= 0.6 is 11.8 Å². The Hall–Kier alpha value is -1.21. The summed E-state index contributed by atoms with van der Waals surface area (Å²) in [5.74, 6) is 0.579. The van der Waals surface area contributed by atoms with Crippen LogP contribution in [0.15, 0.2) is 18.2 Å². The maximum Gasteiger partial charge on any atom is 0.143 e. The van der Waals surface area contributed by atoms with Gasteiger partial charge in [-0.15, -0.1) is 0 Å². The molecule has 0 amide bonds. The number of nitrogens with one attached hydrogen (secondary N) is 1. The van der Waals surface area contributed by atoms with Crippen molar-refractivity contribution >= 4 is 17.4 Å². The van der Waals surface area contributed by atoms with Crippen molar-refractivity contribution in [3.05, 3.63) is 29.6 Å². The van der Waals surface area contributed by atoms with Crippen molar-refractivity contribution in [3.63, 3.8) is 0 Å². The zero-order valence-corrected chi connectivity index (χ0v) is 10.3. The Morgan fingerprint density at radius 3 is 2.94 bits per heavy atom. The van der Waals surface area contributed by atoms with Gasteiger partial charge in [0.15, 0.2) is 0 Å². The van der Waals surface area contributed by atoms with Gasteiger partial charge in [-0.05, 0) is 37.5 Å². The molecule has 0 saturated heterocycles. The monoisotopic (exact) mass is 238 g/mol. The van der Waals surface area contributed by atoms with Crippen molar-refractivity contribution in [2.45, 2.75) is 19.4 Å². The van der Waals surface area contributed by atoms with E-state index >= 15 is 0 Å². The highest BCUT2D eigenvalue weighted by atomic mass is 32.2. The molecule has 1 aromatic rings. The molecule has 0 saturated carbocycles. The molecular formula is C12H15FN2S. The van der Waals surface area contributed by atoms with Crippen molar-refractivity contribution in [2.24, 2.45) is 0 Å². The molecule has 86 valence electrons. The first-order valence-corrected chi connectivity index (χ1v) is 6.52. The minimum atomic E-state index is -0.468. The Labute approximate surface area is 99.9 Å². The molecule has 16 heavy (non-hydrogen) atoms. The lowest BCUT2D eigenvalue weighted by Crippen LogP contribution is -2.17. The van der Waals surface area contributed by atoms with E-state index in [4.69, 9.17) is 5.26 Å². The fraction of sp³-hybridized carbons (Fsp3) is 0.417. The standard InChI is InChI=1S/C12H15FN2S/c1-9(6-7-16-2)15-12-5-3-4-11(13)10(12)8-14/h3-5,9,15H,6-7H2,1-2H3. The Balaban J connectivity index is 2.74. The van der Waals surface area contributed by atoms with Gasteiger partial charge in [0.1, 0.15) is 17.4 Å². The molecule has 0 bridgehead atoms. The summed E-state index contributed by atoms with van der Waals surface area (Å²) < 4.78 is 13.3. The SMILES string of the molecule is CSCCC(C)Nc1cccc(F)c1C#N. The van der Waals surface area contributed by atoms with Gasteiger partial charge in [0, 0.05) is 6.04 Å². The average Bonchev–Trinajstić information content (AvgIpc) is 2.27. The van der Waals surface area contributed by atoms with Crippen molar-refractivity contribution in [1.82, 2.24) is 0 Å². The number of thioether (sulfide) groups is 1. The van der Waals surface area contributed by atoms with Gasteiger partial charge in [-0.1, -0.05) is 6.07 Å².